The predicted octanol–water partition coefficient (Wildman–Crippen LogP) is 4.10. The number of carbonyl (C=O) groups is 2. The number of H-pyrrole nitrogens is 1. The summed E-state index contributed by atoms with van der Waals surface area (Å²) in [6.07, 6.45) is 4.91. The number of hydrogen-bond acceptors (Lipinski definition) is 2. The minimum Gasteiger partial charge on any atom is -0.356 e. The van der Waals surface area contributed by atoms with E-state index in [4.69, 9.17) is 0 Å². The van der Waals surface area contributed by atoms with Crippen molar-refractivity contribution in [2.45, 2.75) is 57.2 Å². The van der Waals surface area contributed by atoms with Crippen LogP contribution in [0.2, 0.25) is 0 Å². The molecule has 1 saturated heterocycles. The second-order valence-electron chi connectivity index (χ2n) is 9.25. The van der Waals surface area contributed by atoms with E-state index in [9.17, 15) is 9.59 Å². The van der Waals surface area contributed by atoms with Crippen LogP contribution in [0.25, 0.3) is 10.9 Å². The normalized spacial score (nSPS) is 24.0. The number of aromatic nitrogens is 1. The molecule has 1 unspecified atom stereocenters. The Labute approximate surface area is 182 Å². The smallest absolute Gasteiger partial charge is 0.246 e. The molecule has 3 aromatic rings. The Morgan fingerprint density at radius 1 is 0.968 bits per heavy atom. The third kappa shape index (κ3) is 2.75. The fraction of sp³-hybridized carbons (Fsp3) is 0.385. The van der Waals surface area contributed by atoms with Gasteiger partial charge in [-0.15, -0.1) is 0 Å². The molecule has 2 fully saturated rings. The summed E-state index contributed by atoms with van der Waals surface area (Å²) in [7, 11) is 0. The molecule has 2 atom stereocenters. The molecule has 2 aromatic carbocycles. The average Bonchev–Trinajstić information content (AvgIpc) is 3.43. The molecule has 6 rings (SSSR count). The maximum atomic E-state index is 13.7. The highest BCUT2D eigenvalue weighted by molar-refractivity contribution is 5.98. The largest absolute Gasteiger partial charge is 0.356 e. The topological polar surface area (TPSA) is 56.4 Å². The van der Waals surface area contributed by atoms with Crippen LogP contribution in [-0.2, 0) is 16.0 Å². The van der Waals surface area contributed by atoms with Gasteiger partial charge in [0.05, 0.1) is 6.04 Å². The Kier molecular flexibility index (Phi) is 4.20. The van der Waals surface area contributed by atoms with Crippen LogP contribution < -0.4 is 0 Å². The van der Waals surface area contributed by atoms with Crippen LogP contribution in [0.3, 0.4) is 0 Å². The average molecular weight is 414 g/mol. The third-order valence-corrected chi connectivity index (χ3v) is 7.54. The lowest BCUT2D eigenvalue weighted by Crippen LogP contribution is -2.64. The van der Waals surface area contributed by atoms with Gasteiger partial charge in [-0.3, -0.25) is 9.59 Å². The molecule has 3 heterocycles. The van der Waals surface area contributed by atoms with Gasteiger partial charge in [-0.1, -0.05) is 55.3 Å². The summed E-state index contributed by atoms with van der Waals surface area (Å²) in [4.78, 5) is 34.7. The Hall–Kier alpha value is -3.08. The molecule has 1 aromatic heterocycles. The molecule has 31 heavy (non-hydrogen) atoms. The van der Waals surface area contributed by atoms with Crippen molar-refractivity contribution < 1.29 is 9.59 Å². The first-order valence-electron chi connectivity index (χ1n) is 11.4. The monoisotopic (exact) mass is 413 g/mol. The Bertz CT molecular complexity index is 1190. The number of amides is 2. The van der Waals surface area contributed by atoms with Gasteiger partial charge in [-0.2, -0.15) is 0 Å². The summed E-state index contributed by atoms with van der Waals surface area (Å²) >= 11 is 0. The van der Waals surface area contributed by atoms with E-state index in [1.807, 2.05) is 34.1 Å². The van der Waals surface area contributed by atoms with Crippen molar-refractivity contribution in [2.75, 3.05) is 6.54 Å². The van der Waals surface area contributed by atoms with E-state index < -0.39 is 6.04 Å². The lowest BCUT2D eigenvalue weighted by atomic mass is 9.84. The second-order valence-corrected chi connectivity index (χ2v) is 9.25. The summed E-state index contributed by atoms with van der Waals surface area (Å²) in [6, 6.07) is 16.0. The molecule has 2 aliphatic heterocycles. The quantitative estimate of drug-likeness (QED) is 0.688. The minimum absolute atomic E-state index is 0.0639. The van der Waals surface area contributed by atoms with Crippen molar-refractivity contribution in [1.29, 1.82) is 0 Å². The second kappa shape index (κ2) is 6.98. The van der Waals surface area contributed by atoms with Gasteiger partial charge in [0, 0.05) is 29.1 Å². The van der Waals surface area contributed by atoms with Crippen molar-refractivity contribution in [3.63, 3.8) is 0 Å². The number of carbonyl (C=O) groups excluding carboxylic acids is 2. The van der Waals surface area contributed by atoms with E-state index in [1.165, 1.54) is 5.56 Å². The number of aromatic amines is 1. The van der Waals surface area contributed by atoms with Crippen molar-refractivity contribution in [2.24, 2.45) is 0 Å². The van der Waals surface area contributed by atoms with Crippen molar-refractivity contribution in [3.8, 4) is 0 Å². The van der Waals surface area contributed by atoms with Crippen LogP contribution in [-0.4, -0.2) is 45.2 Å². The van der Waals surface area contributed by atoms with Crippen molar-refractivity contribution in [3.05, 3.63) is 70.9 Å². The zero-order chi connectivity index (χ0) is 21.1. The maximum absolute atomic E-state index is 13.7. The number of aryl methyl sites for hydroxylation is 1. The van der Waals surface area contributed by atoms with Crippen LogP contribution in [0.15, 0.2) is 48.5 Å². The number of nitrogens with one attached hydrogen (secondary N) is 1. The van der Waals surface area contributed by atoms with E-state index in [2.05, 4.69) is 36.2 Å². The standard InChI is InChI=1S/C26H27N3O2/c1-16-8-2-5-11-18(16)25-24-20(19-12-6-7-13-21(19)27-24)14-22-26(31)28(15-23(30)29(22)25)17-9-3-4-10-17/h2,5-8,11-13,17,22,25,27H,3-4,9-10,14-15H2,1H3/t22-,25?/m0/s1. The third-order valence-electron chi connectivity index (χ3n) is 7.54. The SMILES string of the molecule is Cc1ccccc1C1c2[nH]c3ccccc3c2C[C@H]2C(=O)N(C3CCCC3)CC(=O)N12. The molecule has 158 valence electrons. The van der Waals surface area contributed by atoms with Gasteiger partial charge in [0.25, 0.3) is 0 Å². The lowest BCUT2D eigenvalue weighted by molar-refractivity contribution is -0.160. The number of hydrogen-bond donors (Lipinski definition) is 1. The zero-order valence-electron chi connectivity index (χ0n) is 17.8. The molecule has 0 bridgehead atoms. The van der Waals surface area contributed by atoms with Crippen LogP contribution in [0.5, 0.6) is 0 Å². The highest BCUT2D eigenvalue weighted by Crippen LogP contribution is 2.44. The molecule has 0 spiro atoms. The molecule has 1 aliphatic carbocycles. The number of fused-ring (bicyclic) bond motifs is 4. The van der Waals surface area contributed by atoms with Gasteiger partial charge in [0.2, 0.25) is 11.8 Å². The van der Waals surface area contributed by atoms with Gasteiger partial charge >= 0.3 is 0 Å². The Balaban J connectivity index is 1.53. The van der Waals surface area contributed by atoms with Crippen LogP contribution >= 0.6 is 0 Å². The van der Waals surface area contributed by atoms with Gasteiger partial charge in [-0.05, 0) is 42.5 Å². The first-order chi connectivity index (χ1) is 15.1. The highest BCUT2D eigenvalue weighted by Gasteiger charge is 2.49. The van der Waals surface area contributed by atoms with Crippen molar-refractivity contribution >= 4 is 22.7 Å². The van der Waals surface area contributed by atoms with Crippen molar-refractivity contribution in [1.82, 2.24) is 14.8 Å². The van der Waals surface area contributed by atoms with Gasteiger partial charge < -0.3 is 14.8 Å². The molecule has 2 amide bonds. The molecule has 1 N–H and O–H groups in total. The lowest BCUT2D eigenvalue weighted by Gasteiger charge is -2.48. The van der Waals surface area contributed by atoms with E-state index in [0.29, 0.717) is 6.42 Å². The minimum atomic E-state index is -0.432. The summed E-state index contributed by atoms with van der Waals surface area (Å²) in [5, 5.41) is 1.16. The first-order valence-corrected chi connectivity index (χ1v) is 11.4. The summed E-state index contributed by atoms with van der Waals surface area (Å²) in [5.74, 6) is 0.190. The Morgan fingerprint density at radius 2 is 1.71 bits per heavy atom. The number of para-hydroxylation sites is 1. The highest BCUT2D eigenvalue weighted by atomic mass is 16.2. The molecule has 5 nitrogen and oxygen atoms in total. The maximum Gasteiger partial charge on any atom is 0.246 e. The number of rotatable bonds is 2. The van der Waals surface area contributed by atoms with E-state index >= 15 is 0 Å². The van der Waals surface area contributed by atoms with E-state index in [0.717, 1.165) is 53.4 Å². The molecule has 3 aliphatic rings. The van der Waals surface area contributed by atoms with Crippen LogP contribution in [0.4, 0.5) is 0 Å². The van der Waals surface area contributed by atoms with Gasteiger partial charge in [0.1, 0.15) is 12.6 Å². The zero-order valence-corrected chi connectivity index (χ0v) is 17.8. The van der Waals surface area contributed by atoms with E-state index in [-0.39, 0.29) is 30.4 Å². The number of benzene rings is 2. The fourth-order valence-electron chi connectivity index (χ4n) is 6.03. The van der Waals surface area contributed by atoms with E-state index in [1.54, 1.807) is 0 Å². The predicted molar refractivity (Wildman–Crippen MR) is 120 cm³/mol. The molecule has 5 heteroatoms. The number of piperazine rings is 1. The van der Waals surface area contributed by atoms with Crippen LogP contribution in [0.1, 0.15) is 54.1 Å². The summed E-state index contributed by atoms with van der Waals surface area (Å²) in [5.41, 5.74) is 5.53. The summed E-state index contributed by atoms with van der Waals surface area (Å²) in [6.45, 7) is 2.29. The molecule has 0 radical (unpaired) electrons. The summed E-state index contributed by atoms with van der Waals surface area (Å²) < 4.78 is 0. The van der Waals surface area contributed by atoms with Crippen LogP contribution in [0, 0.1) is 6.92 Å². The Morgan fingerprint density at radius 3 is 2.52 bits per heavy atom. The molecular formula is C26H27N3O2. The fourth-order valence-corrected chi connectivity index (χ4v) is 6.03. The van der Waals surface area contributed by atoms with Gasteiger partial charge in [0.15, 0.2) is 0 Å². The van der Waals surface area contributed by atoms with Gasteiger partial charge in [-0.25, -0.2) is 0 Å². The number of nitrogens with zero attached hydrogens (tertiary/aromatic N) is 2. The molecule has 1 saturated carbocycles. The first kappa shape index (κ1) is 18.7. The molecular weight excluding hydrogens is 386 g/mol.